The van der Waals surface area contributed by atoms with Gasteiger partial charge in [-0.2, -0.15) is 0 Å². The van der Waals surface area contributed by atoms with Gasteiger partial charge in [-0.3, -0.25) is 14.6 Å². The van der Waals surface area contributed by atoms with Gasteiger partial charge in [-0.15, -0.1) is 0 Å². The van der Waals surface area contributed by atoms with E-state index in [1.807, 2.05) is 30.9 Å². The van der Waals surface area contributed by atoms with Crippen molar-refractivity contribution in [2.24, 2.45) is 4.99 Å². The summed E-state index contributed by atoms with van der Waals surface area (Å²) in [5, 5.41) is 9.46. The quantitative estimate of drug-likeness (QED) is 0.344. The van der Waals surface area contributed by atoms with E-state index in [2.05, 4.69) is 36.9 Å². The number of amides is 2. The molecule has 1 heterocycles. The van der Waals surface area contributed by atoms with Crippen LogP contribution >= 0.6 is 15.9 Å². The minimum absolute atomic E-state index is 0.117. The van der Waals surface area contributed by atoms with Gasteiger partial charge in [0.2, 0.25) is 5.91 Å². The molecule has 27 heavy (non-hydrogen) atoms. The van der Waals surface area contributed by atoms with Crippen molar-refractivity contribution in [3.63, 3.8) is 0 Å². The summed E-state index contributed by atoms with van der Waals surface area (Å²) in [6, 6.07) is 7.48. The second kappa shape index (κ2) is 10.9. The Morgan fingerprint density at radius 3 is 2.81 bits per heavy atom. The Bertz CT molecular complexity index is 680. The zero-order valence-corrected chi connectivity index (χ0v) is 17.5. The summed E-state index contributed by atoms with van der Waals surface area (Å²) < 4.78 is 0.874. The monoisotopic (exact) mass is 437 g/mol. The number of aliphatic imine (C=N–C) groups is 1. The Labute approximate surface area is 169 Å². The maximum atomic E-state index is 12.1. The van der Waals surface area contributed by atoms with Crippen LogP contribution in [0, 0.1) is 0 Å². The molecule has 0 saturated carbocycles. The molecule has 3 N–H and O–H groups in total. The summed E-state index contributed by atoms with van der Waals surface area (Å²) in [5.74, 6) is 0.787. The molecule has 0 aromatic heterocycles. The van der Waals surface area contributed by atoms with Gasteiger partial charge in [0.1, 0.15) is 0 Å². The Balaban J connectivity index is 1.79. The number of carbonyl (C=O) groups is 2. The van der Waals surface area contributed by atoms with Crippen LogP contribution in [0.15, 0.2) is 33.7 Å². The van der Waals surface area contributed by atoms with Crippen molar-refractivity contribution in [2.45, 2.75) is 32.7 Å². The highest BCUT2D eigenvalue weighted by atomic mass is 79.9. The van der Waals surface area contributed by atoms with Crippen molar-refractivity contribution >= 4 is 33.7 Å². The normalized spacial score (nSPS) is 16.9. The van der Waals surface area contributed by atoms with Gasteiger partial charge in [-0.05, 0) is 31.5 Å². The van der Waals surface area contributed by atoms with E-state index in [1.54, 1.807) is 12.1 Å². The van der Waals surface area contributed by atoms with Gasteiger partial charge in [0.05, 0.1) is 6.54 Å². The first kappa shape index (κ1) is 21.2. The molecule has 1 aromatic carbocycles. The van der Waals surface area contributed by atoms with Gasteiger partial charge in [0.15, 0.2) is 5.96 Å². The van der Waals surface area contributed by atoms with E-state index in [1.165, 1.54) is 0 Å². The van der Waals surface area contributed by atoms with Crippen LogP contribution in [0.1, 0.15) is 37.0 Å². The molecule has 1 unspecified atom stereocenters. The van der Waals surface area contributed by atoms with E-state index >= 15 is 0 Å². The highest BCUT2D eigenvalue weighted by Crippen LogP contribution is 2.11. The molecule has 1 saturated heterocycles. The van der Waals surface area contributed by atoms with Gasteiger partial charge in [0.25, 0.3) is 5.91 Å². The van der Waals surface area contributed by atoms with Crippen molar-refractivity contribution in [2.75, 3.05) is 32.7 Å². The largest absolute Gasteiger partial charge is 0.357 e. The molecule has 1 aliphatic heterocycles. The standard InChI is InChI=1S/C19H28BrN5O2/c1-3-17(26)25-11-8-16(13-25)24-19(21-4-2)23-10-9-22-18(27)14-6-5-7-15(20)12-14/h5-7,12,16H,3-4,8-11,13H2,1-2H3,(H,22,27)(H2,21,23,24). The molecule has 0 spiro atoms. The number of likely N-dealkylation sites (tertiary alicyclic amines) is 1. The van der Waals surface area contributed by atoms with E-state index in [9.17, 15) is 9.59 Å². The molecular weight excluding hydrogens is 410 g/mol. The van der Waals surface area contributed by atoms with Crippen LogP contribution in [-0.4, -0.2) is 61.4 Å². The summed E-state index contributed by atoms with van der Waals surface area (Å²) in [5.41, 5.74) is 0.616. The third kappa shape index (κ3) is 6.86. The van der Waals surface area contributed by atoms with Crippen LogP contribution in [0.2, 0.25) is 0 Å². The average Bonchev–Trinajstić information content (AvgIpc) is 3.13. The first-order valence-electron chi connectivity index (χ1n) is 9.39. The highest BCUT2D eigenvalue weighted by molar-refractivity contribution is 9.10. The SMILES string of the molecule is CCNC(=NCCNC(=O)c1cccc(Br)c1)NC1CCN(C(=O)CC)C1. The predicted molar refractivity (Wildman–Crippen MR) is 111 cm³/mol. The van der Waals surface area contributed by atoms with E-state index in [0.29, 0.717) is 37.6 Å². The van der Waals surface area contributed by atoms with E-state index in [-0.39, 0.29) is 17.9 Å². The smallest absolute Gasteiger partial charge is 0.251 e. The van der Waals surface area contributed by atoms with E-state index in [4.69, 9.17) is 0 Å². The number of nitrogens with zero attached hydrogens (tertiary/aromatic N) is 2. The second-order valence-electron chi connectivity index (χ2n) is 6.35. The van der Waals surface area contributed by atoms with Crippen molar-refractivity contribution in [3.8, 4) is 0 Å². The molecule has 2 rings (SSSR count). The maximum Gasteiger partial charge on any atom is 0.251 e. The molecule has 0 bridgehead atoms. The van der Waals surface area contributed by atoms with Gasteiger partial charge in [-0.25, -0.2) is 0 Å². The summed E-state index contributed by atoms with van der Waals surface area (Å²) in [4.78, 5) is 30.3. The van der Waals surface area contributed by atoms with Crippen molar-refractivity contribution in [1.82, 2.24) is 20.9 Å². The lowest BCUT2D eigenvalue weighted by molar-refractivity contribution is -0.129. The Kier molecular flexibility index (Phi) is 8.57. The fourth-order valence-electron chi connectivity index (χ4n) is 2.91. The molecule has 0 aliphatic carbocycles. The fraction of sp³-hybridized carbons (Fsp3) is 0.526. The molecule has 1 atom stereocenters. The van der Waals surface area contributed by atoms with Crippen LogP contribution in [0.5, 0.6) is 0 Å². The van der Waals surface area contributed by atoms with Gasteiger partial charge in [0, 0.05) is 48.7 Å². The zero-order valence-electron chi connectivity index (χ0n) is 15.9. The third-order valence-corrected chi connectivity index (χ3v) is 4.78. The molecule has 1 fully saturated rings. The lowest BCUT2D eigenvalue weighted by Crippen LogP contribution is -2.45. The highest BCUT2D eigenvalue weighted by Gasteiger charge is 2.25. The summed E-state index contributed by atoms with van der Waals surface area (Å²) in [6.07, 6.45) is 1.45. The number of rotatable bonds is 7. The number of carbonyl (C=O) groups excluding carboxylic acids is 2. The number of nitrogens with one attached hydrogen (secondary N) is 3. The lowest BCUT2D eigenvalue weighted by atomic mass is 10.2. The van der Waals surface area contributed by atoms with Crippen LogP contribution in [0.25, 0.3) is 0 Å². The van der Waals surface area contributed by atoms with Crippen LogP contribution in [-0.2, 0) is 4.79 Å². The van der Waals surface area contributed by atoms with Crippen LogP contribution in [0.4, 0.5) is 0 Å². The molecule has 7 nitrogen and oxygen atoms in total. The summed E-state index contributed by atoms with van der Waals surface area (Å²) in [6.45, 7) is 7.06. The second-order valence-corrected chi connectivity index (χ2v) is 7.27. The molecular formula is C19H28BrN5O2. The zero-order chi connectivity index (χ0) is 19.6. The Hall–Kier alpha value is -2.09. The van der Waals surface area contributed by atoms with E-state index in [0.717, 1.165) is 24.0 Å². The topological polar surface area (TPSA) is 85.8 Å². The predicted octanol–water partition coefficient (Wildman–Crippen LogP) is 1.74. The minimum Gasteiger partial charge on any atom is -0.357 e. The molecule has 0 radical (unpaired) electrons. The first-order chi connectivity index (χ1) is 13.0. The third-order valence-electron chi connectivity index (χ3n) is 4.28. The number of benzene rings is 1. The van der Waals surface area contributed by atoms with Gasteiger partial charge in [-0.1, -0.05) is 28.9 Å². The molecule has 148 valence electrons. The molecule has 2 amide bonds. The van der Waals surface area contributed by atoms with Crippen LogP contribution in [0.3, 0.4) is 0 Å². The van der Waals surface area contributed by atoms with Gasteiger partial charge < -0.3 is 20.9 Å². The number of hydrogen-bond donors (Lipinski definition) is 3. The molecule has 1 aromatic rings. The maximum absolute atomic E-state index is 12.1. The van der Waals surface area contributed by atoms with Crippen molar-refractivity contribution < 1.29 is 9.59 Å². The fourth-order valence-corrected chi connectivity index (χ4v) is 3.31. The van der Waals surface area contributed by atoms with Crippen LogP contribution < -0.4 is 16.0 Å². The summed E-state index contributed by atoms with van der Waals surface area (Å²) in [7, 11) is 0. The average molecular weight is 438 g/mol. The summed E-state index contributed by atoms with van der Waals surface area (Å²) >= 11 is 3.36. The molecule has 1 aliphatic rings. The van der Waals surface area contributed by atoms with Crippen molar-refractivity contribution in [3.05, 3.63) is 34.3 Å². The Morgan fingerprint density at radius 2 is 2.11 bits per heavy atom. The van der Waals surface area contributed by atoms with Gasteiger partial charge >= 0.3 is 0 Å². The van der Waals surface area contributed by atoms with E-state index < -0.39 is 0 Å². The number of hydrogen-bond acceptors (Lipinski definition) is 3. The van der Waals surface area contributed by atoms with Crippen molar-refractivity contribution in [1.29, 1.82) is 0 Å². The number of halogens is 1. The number of guanidine groups is 1. The lowest BCUT2D eigenvalue weighted by Gasteiger charge is -2.18. The Morgan fingerprint density at radius 1 is 1.30 bits per heavy atom. The molecule has 8 heteroatoms. The minimum atomic E-state index is -0.117. The first-order valence-corrected chi connectivity index (χ1v) is 10.2.